The summed E-state index contributed by atoms with van der Waals surface area (Å²) >= 11 is 0. The van der Waals surface area contributed by atoms with Crippen molar-refractivity contribution in [1.29, 1.82) is 0 Å². The van der Waals surface area contributed by atoms with Gasteiger partial charge in [-0.2, -0.15) is 5.10 Å². The molecule has 2 fully saturated rings. The first-order valence-corrected chi connectivity index (χ1v) is 9.93. The number of hydrogen-bond donors (Lipinski definition) is 1. The number of aryl methyl sites for hydroxylation is 1. The zero-order chi connectivity index (χ0) is 19.0. The third-order valence-electron chi connectivity index (χ3n) is 5.99. The lowest BCUT2D eigenvalue weighted by Crippen LogP contribution is -2.46. The van der Waals surface area contributed by atoms with Crippen LogP contribution in [0.15, 0.2) is 24.3 Å². The fourth-order valence-electron chi connectivity index (χ4n) is 4.53. The van der Waals surface area contributed by atoms with Crippen LogP contribution in [0.3, 0.4) is 0 Å². The number of aromatic hydroxyl groups is 1. The number of rotatable bonds is 3. The van der Waals surface area contributed by atoms with Crippen molar-refractivity contribution >= 4 is 5.91 Å². The van der Waals surface area contributed by atoms with Gasteiger partial charge in [-0.25, -0.2) is 4.68 Å². The summed E-state index contributed by atoms with van der Waals surface area (Å²) in [6.07, 6.45) is 4.74. The van der Waals surface area contributed by atoms with E-state index in [0.29, 0.717) is 11.6 Å². The molecule has 2 aromatic rings. The van der Waals surface area contributed by atoms with E-state index in [1.165, 1.54) is 25.9 Å². The van der Waals surface area contributed by atoms with Crippen molar-refractivity contribution in [2.45, 2.75) is 45.6 Å². The predicted molar refractivity (Wildman–Crippen MR) is 104 cm³/mol. The Balaban J connectivity index is 1.51. The van der Waals surface area contributed by atoms with Crippen molar-refractivity contribution in [2.24, 2.45) is 0 Å². The number of carbonyl (C=O) groups is 1. The van der Waals surface area contributed by atoms with E-state index in [1.54, 1.807) is 22.9 Å². The highest BCUT2D eigenvalue weighted by molar-refractivity contribution is 5.96. The molecule has 0 unspecified atom stereocenters. The Labute approximate surface area is 160 Å². The van der Waals surface area contributed by atoms with Gasteiger partial charge >= 0.3 is 0 Å². The van der Waals surface area contributed by atoms with Gasteiger partial charge in [-0.1, -0.05) is 6.07 Å². The van der Waals surface area contributed by atoms with E-state index in [4.69, 9.17) is 0 Å². The summed E-state index contributed by atoms with van der Waals surface area (Å²) in [7, 11) is 0. The number of benzene rings is 1. The van der Waals surface area contributed by atoms with Gasteiger partial charge in [-0.3, -0.25) is 4.79 Å². The average molecular weight is 368 g/mol. The minimum absolute atomic E-state index is 0.0799. The number of phenolic OH excluding ortho intramolecular Hbond substituents is 1. The highest BCUT2D eigenvalue weighted by Crippen LogP contribution is 2.25. The highest BCUT2D eigenvalue weighted by Gasteiger charge is 2.31. The molecule has 6 nitrogen and oxygen atoms in total. The van der Waals surface area contributed by atoms with Crippen LogP contribution in [0.5, 0.6) is 5.75 Å². The quantitative estimate of drug-likeness (QED) is 0.905. The van der Waals surface area contributed by atoms with Crippen LogP contribution in [0.25, 0.3) is 5.69 Å². The number of likely N-dealkylation sites (tertiary alicyclic amines) is 2. The van der Waals surface area contributed by atoms with Gasteiger partial charge < -0.3 is 14.9 Å². The molecule has 6 heteroatoms. The molecule has 0 saturated carbocycles. The van der Waals surface area contributed by atoms with Gasteiger partial charge in [0.05, 0.1) is 22.6 Å². The van der Waals surface area contributed by atoms with Gasteiger partial charge in [0.2, 0.25) is 0 Å². The minimum Gasteiger partial charge on any atom is -0.508 e. The van der Waals surface area contributed by atoms with Crippen LogP contribution in [0.4, 0.5) is 0 Å². The summed E-state index contributed by atoms with van der Waals surface area (Å²) in [4.78, 5) is 17.8. The average Bonchev–Trinajstić information content (AvgIpc) is 3.30. The minimum atomic E-state index is 0.0799. The summed E-state index contributed by atoms with van der Waals surface area (Å²) in [5.74, 6) is 0.271. The van der Waals surface area contributed by atoms with Crippen LogP contribution in [0, 0.1) is 13.8 Å². The summed E-state index contributed by atoms with van der Waals surface area (Å²) < 4.78 is 1.75. The van der Waals surface area contributed by atoms with Crippen LogP contribution in [-0.4, -0.2) is 62.8 Å². The normalized spacial score (nSPS) is 19.0. The summed E-state index contributed by atoms with van der Waals surface area (Å²) in [5, 5.41) is 14.3. The molecule has 1 aromatic carbocycles. The van der Waals surface area contributed by atoms with E-state index in [2.05, 4.69) is 10.00 Å². The zero-order valence-electron chi connectivity index (χ0n) is 16.2. The molecule has 4 rings (SSSR count). The first-order valence-electron chi connectivity index (χ1n) is 9.93. The molecule has 1 amide bonds. The highest BCUT2D eigenvalue weighted by atomic mass is 16.3. The third-order valence-corrected chi connectivity index (χ3v) is 5.99. The Hall–Kier alpha value is -2.34. The molecule has 2 aliphatic rings. The molecular weight excluding hydrogens is 340 g/mol. The van der Waals surface area contributed by atoms with Crippen molar-refractivity contribution in [3.63, 3.8) is 0 Å². The molecule has 144 valence electrons. The van der Waals surface area contributed by atoms with Crippen LogP contribution < -0.4 is 0 Å². The molecule has 0 atom stereocenters. The van der Waals surface area contributed by atoms with Crippen molar-refractivity contribution in [3.05, 3.63) is 41.2 Å². The van der Waals surface area contributed by atoms with Crippen molar-refractivity contribution in [1.82, 2.24) is 19.6 Å². The predicted octanol–water partition coefficient (Wildman–Crippen LogP) is 2.90. The van der Waals surface area contributed by atoms with Gasteiger partial charge in [0, 0.05) is 25.2 Å². The third kappa shape index (κ3) is 3.46. The van der Waals surface area contributed by atoms with Gasteiger partial charge in [0.15, 0.2) is 0 Å². The van der Waals surface area contributed by atoms with Crippen molar-refractivity contribution in [3.8, 4) is 11.4 Å². The number of aromatic nitrogens is 2. The largest absolute Gasteiger partial charge is 0.508 e. The van der Waals surface area contributed by atoms with Crippen LogP contribution >= 0.6 is 0 Å². The van der Waals surface area contributed by atoms with E-state index in [9.17, 15) is 9.90 Å². The smallest absolute Gasteiger partial charge is 0.257 e. The first-order chi connectivity index (χ1) is 13.0. The molecule has 3 heterocycles. The summed E-state index contributed by atoms with van der Waals surface area (Å²) in [6.45, 7) is 7.87. The van der Waals surface area contributed by atoms with Gasteiger partial charge in [0.1, 0.15) is 5.75 Å². The Kier molecular flexibility index (Phi) is 4.91. The van der Waals surface area contributed by atoms with Crippen molar-refractivity contribution in [2.75, 3.05) is 26.2 Å². The molecule has 1 aromatic heterocycles. The molecule has 2 saturated heterocycles. The maximum atomic E-state index is 13.2. The maximum absolute atomic E-state index is 13.2. The number of piperidine rings is 1. The SMILES string of the molecule is Cc1nn(-c2cccc(O)c2)c(C)c1C(=O)N1CCC(N2CCCC2)CC1. The first kappa shape index (κ1) is 18.0. The van der Waals surface area contributed by atoms with Crippen LogP contribution in [0.1, 0.15) is 47.4 Å². The Bertz CT molecular complexity index is 831. The lowest BCUT2D eigenvalue weighted by atomic mass is 10.0. The van der Waals surface area contributed by atoms with E-state index in [-0.39, 0.29) is 11.7 Å². The lowest BCUT2D eigenvalue weighted by molar-refractivity contribution is 0.0643. The molecule has 0 spiro atoms. The Morgan fingerprint density at radius 2 is 1.81 bits per heavy atom. The molecule has 2 aliphatic heterocycles. The Morgan fingerprint density at radius 1 is 1.11 bits per heavy atom. The fraction of sp³-hybridized carbons (Fsp3) is 0.524. The van der Waals surface area contributed by atoms with Crippen LogP contribution in [-0.2, 0) is 0 Å². The lowest BCUT2D eigenvalue weighted by Gasteiger charge is -2.36. The number of amides is 1. The summed E-state index contributed by atoms with van der Waals surface area (Å²) in [6, 6.07) is 7.59. The zero-order valence-corrected chi connectivity index (χ0v) is 16.2. The second kappa shape index (κ2) is 7.35. The van der Waals surface area contributed by atoms with E-state index < -0.39 is 0 Å². The molecule has 0 radical (unpaired) electrons. The molecule has 27 heavy (non-hydrogen) atoms. The fourth-order valence-corrected chi connectivity index (χ4v) is 4.53. The van der Waals surface area contributed by atoms with Crippen LogP contribution in [0.2, 0.25) is 0 Å². The van der Waals surface area contributed by atoms with Gasteiger partial charge in [-0.15, -0.1) is 0 Å². The van der Waals surface area contributed by atoms with E-state index in [0.717, 1.165) is 43.0 Å². The maximum Gasteiger partial charge on any atom is 0.257 e. The number of carbonyl (C=O) groups excluding carboxylic acids is 1. The second-order valence-corrected chi connectivity index (χ2v) is 7.74. The molecular formula is C21H28N4O2. The molecule has 1 N–H and O–H groups in total. The monoisotopic (exact) mass is 368 g/mol. The van der Waals surface area contributed by atoms with Gasteiger partial charge in [-0.05, 0) is 64.8 Å². The van der Waals surface area contributed by atoms with Gasteiger partial charge in [0.25, 0.3) is 5.91 Å². The Morgan fingerprint density at radius 3 is 2.48 bits per heavy atom. The molecule has 0 bridgehead atoms. The standard InChI is InChI=1S/C21H28N4O2/c1-15-20(16(2)25(22-15)18-6-5-7-19(26)14-18)21(27)24-12-8-17(9-13-24)23-10-3-4-11-23/h5-7,14,17,26H,3-4,8-13H2,1-2H3. The number of hydrogen-bond acceptors (Lipinski definition) is 4. The van der Waals surface area contributed by atoms with E-state index in [1.807, 2.05) is 24.8 Å². The van der Waals surface area contributed by atoms with E-state index >= 15 is 0 Å². The molecule has 0 aliphatic carbocycles. The van der Waals surface area contributed by atoms with Crippen molar-refractivity contribution < 1.29 is 9.90 Å². The topological polar surface area (TPSA) is 61.6 Å². The number of nitrogens with zero attached hydrogens (tertiary/aromatic N) is 4. The second-order valence-electron chi connectivity index (χ2n) is 7.74. The number of phenols is 1. The summed E-state index contributed by atoms with van der Waals surface area (Å²) in [5.41, 5.74) is 3.02.